The van der Waals surface area contributed by atoms with Crippen molar-refractivity contribution in [3.05, 3.63) is 23.9 Å². The van der Waals surface area contributed by atoms with E-state index in [1.165, 1.54) is 32.1 Å². The lowest BCUT2D eigenvalue weighted by Gasteiger charge is -2.21. The van der Waals surface area contributed by atoms with Crippen molar-refractivity contribution in [3.8, 4) is 0 Å². The number of hydrogen-bond acceptors (Lipinski definition) is 2. The van der Waals surface area contributed by atoms with E-state index in [9.17, 15) is 4.79 Å². The fourth-order valence-electron chi connectivity index (χ4n) is 2.62. The van der Waals surface area contributed by atoms with Crippen LogP contribution in [-0.2, 0) is 4.79 Å². The normalized spacial score (nSPS) is 16.5. The smallest absolute Gasteiger partial charge is 0.225 e. The zero-order chi connectivity index (χ0) is 12.8. The van der Waals surface area contributed by atoms with Crippen LogP contribution in [0.5, 0.6) is 0 Å². The minimum absolute atomic E-state index is 0.0994. The fourth-order valence-corrected chi connectivity index (χ4v) is 2.62. The Labute approximate surface area is 109 Å². The number of aromatic nitrogens is 1. The van der Waals surface area contributed by atoms with Gasteiger partial charge in [0.15, 0.2) is 0 Å². The molecule has 0 saturated heterocycles. The van der Waals surface area contributed by atoms with Crippen molar-refractivity contribution in [1.29, 1.82) is 0 Å². The predicted molar refractivity (Wildman–Crippen MR) is 73.4 cm³/mol. The van der Waals surface area contributed by atoms with E-state index < -0.39 is 0 Å². The van der Waals surface area contributed by atoms with Crippen molar-refractivity contribution in [2.24, 2.45) is 5.92 Å². The Hall–Kier alpha value is -1.38. The molecule has 0 unspecified atom stereocenters. The van der Waals surface area contributed by atoms with Crippen LogP contribution in [0.1, 0.15) is 50.5 Å². The third-order valence-electron chi connectivity index (χ3n) is 3.77. The van der Waals surface area contributed by atoms with Gasteiger partial charge >= 0.3 is 0 Å². The Morgan fingerprint density at radius 3 is 2.89 bits per heavy atom. The van der Waals surface area contributed by atoms with Gasteiger partial charge in [0.05, 0.1) is 0 Å². The number of carbonyl (C=O) groups excluding carboxylic acids is 1. The van der Waals surface area contributed by atoms with Crippen molar-refractivity contribution in [2.75, 3.05) is 5.32 Å². The van der Waals surface area contributed by atoms with Crippen LogP contribution in [0.25, 0.3) is 0 Å². The maximum absolute atomic E-state index is 11.9. The second-order valence-corrected chi connectivity index (χ2v) is 5.26. The van der Waals surface area contributed by atoms with E-state index in [4.69, 9.17) is 0 Å². The summed E-state index contributed by atoms with van der Waals surface area (Å²) in [6.07, 6.45) is 10.0. The maximum Gasteiger partial charge on any atom is 0.225 e. The van der Waals surface area contributed by atoms with Crippen molar-refractivity contribution in [3.63, 3.8) is 0 Å². The molecule has 0 aromatic carbocycles. The molecule has 1 fully saturated rings. The van der Waals surface area contributed by atoms with Crippen LogP contribution in [0.4, 0.5) is 5.82 Å². The second kappa shape index (κ2) is 6.53. The molecule has 1 heterocycles. The molecule has 1 aromatic heterocycles. The zero-order valence-electron chi connectivity index (χ0n) is 11.1. The number of aryl methyl sites for hydroxylation is 1. The van der Waals surface area contributed by atoms with Crippen LogP contribution < -0.4 is 5.32 Å². The van der Waals surface area contributed by atoms with Crippen LogP contribution in [0.15, 0.2) is 18.3 Å². The number of hydrogen-bond donors (Lipinski definition) is 1. The van der Waals surface area contributed by atoms with Gasteiger partial charge in [-0.25, -0.2) is 4.98 Å². The molecule has 1 aromatic rings. The van der Waals surface area contributed by atoms with Gasteiger partial charge in [-0.15, -0.1) is 0 Å². The summed E-state index contributed by atoms with van der Waals surface area (Å²) in [5.41, 5.74) is 1.02. The topological polar surface area (TPSA) is 42.0 Å². The Bertz CT molecular complexity index is 397. The summed E-state index contributed by atoms with van der Waals surface area (Å²) >= 11 is 0. The molecule has 1 amide bonds. The SMILES string of the molecule is Cc1cccnc1NC(=O)CCC1CCCCC1. The number of rotatable bonds is 4. The molecule has 3 heteroatoms. The molecule has 98 valence electrons. The van der Waals surface area contributed by atoms with Gasteiger partial charge in [-0.05, 0) is 30.9 Å². The van der Waals surface area contributed by atoms with Crippen LogP contribution in [0.3, 0.4) is 0 Å². The van der Waals surface area contributed by atoms with Gasteiger partial charge < -0.3 is 5.32 Å². The van der Waals surface area contributed by atoms with Gasteiger partial charge in [-0.1, -0.05) is 38.2 Å². The van der Waals surface area contributed by atoms with Crippen LogP contribution in [0, 0.1) is 12.8 Å². The van der Waals surface area contributed by atoms with Gasteiger partial charge in [0.1, 0.15) is 5.82 Å². The summed E-state index contributed by atoms with van der Waals surface area (Å²) in [7, 11) is 0. The Balaban J connectivity index is 1.76. The van der Waals surface area contributed by atoms with Crippen LogP contribution >= 0.6 is 0 Å². The van der Waals surface area contributed by atoms with E-state index in [2.05, 4.69) is 10.3 Å². The molecule has 0 radical (unpaired) electrons. The zero-order valence-corrected chi connectivity index (χ0v) is 11.1. The van der Waals surface area contributed by atoms with Crippen molar-refractivity contribution < 1.29 is 4.79 Å². The number of nitrogens with zero attached hydrogens (tertiary/aromatic N) is 1. The molecule has 18 heavy (non-hydrogen) atoms. The van der Waals surface area contributed by atoms with Gasteiger partial charge in [-0.3, -0.25) is 4.79 Å². The first-order chi connectivity index (χ1) is 8.75. The average Bonchev–Trinajstić information content (AvgIpc) is 2.40. The quantitative estimate of drug-likeness (QED) is 0.880. The molecular formula is C15H22N2O. The molecule has 2 rings (SSSR count). The van der Waals surface area contributed by atoms with E-state index in [1.807, 2.05) is 19.1 Å². The first-order valence-electron chi connectivity index (χ1n) is 6.97. The standard InChI is InChI=1S/C15H22N2O/c1-12-6-5-11-16-15(12)17-14(18)10-9-13-7-3-2-4-8-13/h5-6,11,13H,2-4,7-10H2,1H3,(H,16,17,18). The third-order valence-corrected chi connectivity index (χ3v) is 3.77. The number of carbonyl (C=O) groups is 1. The van der Waals surface area contributed by atoms with Crippen molar-refractivity contribution in [1.82, 2.24) is 4.98 Å². The lowest BCUT2D eigenvalue weighted by atomic mass is 9.86. The predicted octanol–water partition coefficient (Wildman–Crippen LogP) is 3.69. The summed E-state index contributed by atoms with van der Waals surface area (Å²) < 4.78 is 0. The molecule has 0 atom stereocenters. The lowest BCUT2D eigenvalue weighted by molar-refractivity contribution is -0.116. The minimum atomic E-state index is 0.0994. The van der Waals surface area contributed by atoms with Crippen molar-refractivity contribution in [2.45, 2.75) is 51.9 Å². The molecule has 0 spiro atoms. The van der Waals surface area contributed by atoms with Crippen molar-refractivity contribution >= 4 is 11.7 Å². The molecule has 1 aliphatic rings. The summed E-state index contributed by atoms with van der Waals surface area (Å²) in [6.45, 7) is 1.96. The molecule has 0 bridgehead atoms. The molecule has 1 saturated carbocycles. The Kier molecular flexibility index (Phi) is 4.73. The van der Waals surface area contributed by atoms with Crippen LogP contribution in [-0.4, -0.2) is 10.9 Å². The van der Waals surface area contributed by atoms with Gasteiger partial charge in [0.2, 0.25) is 5.91 Å². The monoisotopic (exact) mass is 246 g/mol. The molecule has 1 aliphatic carbocycles. The second-order valence-electron chi connectivity index (χ2n) is 5.26. The highest BCUT2D eigenvalue weighted by Crippen LogP contribution is 2.27. The van der Waals surface area contributed by atoms with E-state index in [1.54, 1.807) is 6.20 Å². The fraction of sp³-hybridized carbons (Fsp3) is 0.600. The number of anilines is 1. The minimum Gasteiger partial charge on any atom is -0.310 e. The highest BCUT2D eigenvalue weighted by Gasteiger charge is 2.15. The van der Waals surface area contributed by atoms with E-state index in [0.717, 1.165) is 17.9 Å². The Morgan fingerprint density at radius 1 is 1.39 bits per heavy atom. The van der Waals surface area contributed by atoms with E-state index in [-0.39, 0.29) is 5.91 Å². The van der Waals surface area contributed by atoms with Crippen LogP contribution in [0.2, 0.25) is 0 Å². The van der Waals surface area contributed by atoms with E-state index >= 15 is 0 Å². The third kappa shape index (κ3) is 3.83. The number of amides is 1. The summed E-state index contributed by atoms with van der Waals surface area (Å²) in [5.74, 6) is 1.56. The summed E-state index contributed by atoms with van der Waals surface area (Å²) in [6, 6.07) is 3.84. The van der Waals surface area contributed by atoms with E-state index in [0.29, 0.717) is 12.2 Å². The lowest BCUT2D eigenvalue weighted by Crippen LogP contribution is -2.16. The largest absolute Gasteiger partial charge is 0.310 e. The van der Waals surface area contributed by atoms with Gasteiger partial charge in [0, 0.05) is 12.6 Å². The first kappa shape index (κ1) is 13.1. The molecular weight excluding hydrogens is 224 g/mol. The highest BCUT2D eigenvalue weighted by molar-refractivity contribution is 5.90. The molecule has 0 aliphatic heterocycles. The molecule has 3 nitrogen and oxygen atoms in total. The molecule has 1 N–H and O–H groups in total. The number of pyridine rings is 1. The summed E-state index contributed by atoms with van der Waals surface area (Å²) in [4.78, 5) is 16.0. The Morgan fingerprint density at radius 2 is 2.17 bits per heavy atom. The summed E-state index contributed by atoms with van der Waals surface area (Å²) in [5, 5.41) is 2.90. The van der Waals surface area contributed by atoms with Gasteiger partial charge in [-0.2, -0.15) is 0 Å². The van der Waals surface area contributed by atoms with Gasteiger partial charge in [0.25, 0.3) is 0 Å². The maximum atomic E-state index is 11.9. The number of nitrogens with one attached hydrogen (secondary N) is 1. The average molecular weight is 246 g/mol. The highest BCUT2D eigenvalue weighted by atomic mass is 16.1. The first-order valence-corrected chi connectivity index (χ1v) is 6.97.